The zero-order valence-electron chi connectivity index (χ0n) is 12.2. The minimum atomic E-state index is -0.994. The Kier molecular flexibility index (Phi) is 4.67. The summed E-state index contributed by atoms with van der Waals surface area (Å²) in [5, 5.41) is 24.4. The Morgan fingerprint density at radius 2 is 2.41 bits per heavy atom. The van der Waals surface area contributed by atoms with E-state index in [9.17, 15) is 10.3 Å². The zero-order chi connectivity index (χ0) is 15.7. The molecule has 1 aliphatic rings. The topological polar surface area (TPSA) is 68.7 Å². The molecule has 22 heavy (non-hydrogen) atoms. The molecule has 0 aliphatic carbocycles. The summed E-state index contributed by atoms with van der Waals surface area (Å²) in [5.41, 5.74) is 0.767. The summed E-state index contributed by atoms with van der Waals surface area (Å²) in [6.45, 7) is 3.86. The van der Waals surface area contributed by atoms with Gasteiger partial charge in [0.25, 0.3) is 5.13 Å². The number of benzene rings is 1. The lowest BCUT2D eigenvalue weighted by Gasteiger charge is -2.37. The number of aliphatic hydroxyl groups excluding tert-OH is 1. The predicted molar refractivity (Wildman–Crippen MR) is 92.2 cm³/mol. The summed E-state index contributed by atoms with van der Waals surface area (Å²) in [5.74, 6) is 0.769. The fourth-order valence-electron chi connectivity index (χ4n) is 2.59. The van der Waals surface area contributed by atoms with E-state index in [0.717, 1.165) is 27.8 Å². The Hall–Kier alpha value is -0.770. The Morgan fingerprint density at radius 1 is 1.59 bits per heavy atom. The summed E-state index contributed by atoms with van der Waals surface area (Å²) < 4.78 is 5.58. The lowest BCUT2D eigenvalue weighted by atomic mass is 10.3. The summed E-state index contributed by atoms with van der Waals surface area (Å²) >= 11 is 4.69. The van der Waals surface area contributed by atoms with Crippen molar-refractivity contribution in [3.63, 3.8) is 0 Å². The van der Waals surface area contributed by atoms with Crippen molar-refractivity contribution in [1.29, 1.82) is 0 Å². The Labute approximate surface area is 141 Å². The highest BCUT2D eigenvalue weighted by Gasteiger charge is 2.42. The maximum Gasteiger partial charge on any atom is 0.290 e. The van der Waals surface area contributed by atoms with Crippen LogP contribution in [0, 0.1) is 5.21 Å². The van der Waals surface area contributed by atoms with Gasteiger partial charge in [0, 0.05) is 11.9 Å². The van der Waals surface area contributed by atoms with E-state index in [1.165, 1.54) is 11.3 Å². The first-order valence-electron chi connectivity index (χ1n) is 7.16. The molecular weight excluding hydrogens is 370 g/mol. The molecule has 0 spiro atoms. The molecule has 2 unspecified atom stereocenters. The van der Waals surface area contributed by atoms with E-state index in [-0.39, 0.29) is 6.67 Å². The monoisotopic (exact) mass is 387 g/mol. The van der Waals surface area contributed by atoms with Crippen molar-refractivity contribution in [3.8, 4) is 5.75 Å². The smallest absolute Gasteiger partial charge is 0.290 e. The first-order valence-corrected chi connectivity index (χ1v) is 9.09. The third-order valence-electron chi connectivity index (χ3n) is 3.70. The molecule has 1 aliphatic heterocycles. The fraction of sp³-hybridized carbons (Fsp3) is 0.500. The number of fused-ring (bicyclic) bond motifs is 1. The maximum atomic E-state index is 13.0. The summed E-state index contributed by atoms with van der Waals surface area (Å²) in [4.78, 5) is 6.39. The molecule has 1 aromatic carbocycles. The van der Waals surface area contributed by atoms with Gasteiger partial charge in [0.2, 0.25) is 6.23 Å². The molecule has 1 aromatic heterocycles. The number of aromatic nitrogens is 1. The van der Waals surface area contributed by atoms with Crippen molar-refractivity contribution in [2.45, 2.75) is 13.2 Å². The van der Waals surface area contributed by atoms with Crippen molar-refractivity contribution in [3.05, 3.63) is 23.4 Å². The normalized spacial score (nSPS) is 25.9. The second-order valence-corrected chi connectivity index (χ2v) is 7.04. The van der Waals surface area contributed by atoms with Crippen LogP contribution >= 0.6 is 27.3 Å². The van der Waals surface area contributed by atoms with Crippen molar-refractivity contribution < 1.29 is 9.84 Å². The van der Waals surface area contributed by atoms with Gasteiger partial charge in [0.05, 0.1) is 23.4 Å². The quantitative estimate of drug-likeness (QED) is 0.484. The average molecular weight is 388 g/mol. The highest BCUT2D eigenvalue weighted by atomic mass is 79.9. The number of thiazole rings is 1. The minimum Gasteiger partial charge on any atom is -0.623 e. The average Bonchev–Trinajstić information content (AvgIpc) is 3.02. The second kappa shape index (κ2) is 6.38. The highest BCUT2D eigenvalue weighted by molar-refractivity contribution is 9.09. The molecule has 0 radical (unpaired) electrons. The van der Waals surface area contributed by atoms with Gasteiger partial charge in [-0.3, -0.25) is 4.65 Å². The first-order chi connectivity index (χ1) is 10.6. The number of hydroxylamine groups is 2. The molecule has 2 heterocycles. The van der Waals surface area contributed by atoms with E-state index in [1.54, 1.807) is 0 Å². The van der Waals surface area contributed by atoms with Crippen molar-refractivity contribution >= 4 is 42.6 Å². The van der Waals surface area contributed by atoms with Crippen LogP contribution in [-0.2, 0) is 0 Å². The molecule has 6 nitrogen and oxygen atoms in total. The van der Waals surface area contributed by atoms with E-state index >= 15 is 0 Å². The van der Waals surface area contributed by atoms with Gasteiger partial charge in [0.1, 0.15) is 12.4 Å². The van der Waals surface area contributed by atoms with Crippen LogP contribution in [0.1, 0.15) is 6.92 Å². The maximum absolute atomic E-state index is 13.0. The highest BCUT2D eigenvalue weighted by Crippen LogP contribution is 2.37. The zero-order valence-corrected chi connectivity index (χ0v) is 14.6. The molecule has 1 N–H and O–H groups in total. The van der Waals surface area contributed by atoms with Crippen LogP contribution in [0.4, 0.5) is 5.13 Å². The van der Waals surface area contributed by atoms with Crippen LogP contribution in [-0.4, -0.2) is 52.9 Å². The second-order valence-electron chi connectivity index (χ2n) is 5.24. The van der Waals surface area contributed by atoms with Gasteiger partial charge in [0.15, 0.2) is 0 Å². The van der Waals surface area contributed by atoms with Gasteiger partial charge in [-0.15, -0.1) is 0 Å². The molecule has 3 rings (SSSR count). The van der Waals surface area contributed by atoms with Gasteiger partial charge in [-0.05, 0) is 25.1 Å². The molecule has 0 saturated carbocycles. The van der Waals surface area contributed by atoms with Crippen LogP contribution in [0.3, 0.4) is 0 Å². The number of hydrogen-bond donors (Lipinski definition) is 1. The van der Waals surface area contributed by atoms with Gasteiger partial charge < -0.3 is 15.1 Å². The molecule has 2 aromatic rings. The number of nitrogens with zero attached hydrogens (tertiary/aromatic N) is 3. The third-order valence-corrected chi connectivity index (χ3v) is 5.18. The number of alkyl halides is 1. The first kappa shape index (κ1) is 16.1. The SMILES string of the molecule is CCOc1ccc2nc([N+]3([O-])CN(CCBr)CC3O)sc2c1. The molecule has 120 valence electrons. The van der Waals surface area contributed by atoms with E-state index in [2.05, 4.69) is 20.9 Å². The molecule has 1 saturated heterocycles. The van der Waals surface area contributed by atoms with Gasteiger partial charge >= 0.3 is 0 Å². The Balaban J connectivity index is 1.92. The fourth-order valence-corrected chi connectivity index (χ4v) is 4.16. The Morgan fingerprint density at radius 3 is 3.14 bits per heavy atom. The standard InChI is InChI=1S/C14H18BrN3O3S/c1-2-21-10-3-4-11-12(7-10)22-14(16-11)18(20)9-17(6-5-15)8-13(18)19/h3-4,7,13,19H,2,5-6,8-9H2,1H3. The van der Waals surface area contributed by atoms with Crippen molar-refractivity contribution in [2.24, 2.45) is 0 Å². The molecule has 0 amide bonds. The predicted octanol–water partition coefficient (Wildman–Crippen LogP) is 2.49. The number of ether oxygens (including phenoxy) is 1. The van der Waals surface area contributed by atoms with Crippen molar-refractivity contribution in [2.75, 3.05) is 31.7 Å². The molecule has 2 atom stereocenters. The summed E-state index contributed by atoms with van der Waals surface area (Å²) in [6.07, 6.45) is -0.994. The van der Waals surface area contributed by atoms with E-state index in [4.69, 9.17) is 4.74 Å². The lowest BCUT2D eigenvalue weighted by Crippen LogP contribution is -2.48. The minimum absolute atomic E-state index is 0.227. The van der Waals surface area contributed by atoms with Crippen LogP contribution in [0.2, 0.25) is 0 Å². The summed E-state index contributed by atoms with van der Waals surface area (Å²) in [6, 6.07) is 5.60. The van der Waals surface area contributed by atoms with Crippen molar-refractivity contribution in [1.82, 2.24) is 14.5 Å². The van der Waals surface area contributed by atoms with Crippen LogP contribution in [0.5, 0.6) is 5.75 Å². The Bertz CT molecular complexity index is 668. The molecule has 8 heteroatoms. The molecule has 1 fully saturated rings. The van der Waals surface area contributed by atoms with E-state index in [0.29, 0.717) is 18.3 Å². The number of halogens is 1. The van der Waals surface area contributed by atoms with Gasteiger partial charge in [-0.1, -0.05) is 27.3 Å². The van der Waals surface area contributed by atoms with E-state index < -0.39 is 10.9 Å². The third kappa shape index (κ3) is 2.86. The summed E-state index contributed by atoms with van der Waals surface area (Å²) in [7, 11) is 0. The number of aliphatic hydroxyl groups is 1. The number of quaternary nitrogens is 1. The van der Waals surface area contributed by atoms with Crippen LogP contribution < -0.4 is 9.38 Å². The van der Waals surface area contributed by atoms with Gasteiger partial charge in [-0.25, -0.2) is 4.90 Å². The molecule has 0 bridgehead atoms. The molecular formula is C14H18BrN3O3S. The number of β-amino-alcohol motifs (C(OH)–C–C–N with tert-alkyl or cyclic N) is 1. The van der Waals surface area contributed by atoms with Crippen LogP contribution in [0.15, 0.2) is 18.2 Å². The lowest BCUT2D eigenvalue weighted by molar-refractivity contribution is 0.0848. The van der Waals surface area contributed by atoms with Crippen LogP contribution in [0.25, 0.3) is 10.2 Å². The van der Waals surface area contributed by atoms with Gasteiger partial charge in [-0.2, -0.15) is 4.98 Å². The largest absolute Gasteiger partial charge is 0.623 e. The number of rotatable bonds is 5. The van der Waals surface area contributed by atoms with E-state index in [1.807, 2.05) is 30.0 Å². The number of hydrogen-bond acceptors (Lipinski definition) is 6.